The van der Waals surface area contributed by atoms with Gasteiger partial charge in [-0.3, -0.25) is 0 Å². The van der Waals surface area contributed by atoms with Gasteiger partial charge in [-0.1, -0.05) is 0 Å². The maximum Gasteiger partial charge on any atom is 0.151 e. The smallest absolute Gasteiger partial charge is 0.151 e. The molecule has 4 nitrogen and oxygen atoms in total. The summed E-state index contributed by atoms with van der Waals surface area (Å²) in [6, 6.07) is 3.12. The minimum atomic E-state index is 0.510. The van der Waals surface area contributed by atoms with Crippen LogP contribution in [0.25, 0.3) is 0 Å². The fraction of sp³-hybridized carbons (Fsp3) is 0.636. The minimum absolute atomic E-state index is 0.510. The van der Waals surface area contributed by atoms with Gasteiger partial charge in [-0.15, -0.1) is 5.10 Å². The SMILES string of the molecule is Cc1cnnc(N2CC(C)NC(C)C2)c1. The molecule has 0 aliphatic carbocycles. The first-order valence-electron chi connectivity index (χ1n) is 5.45. The molecule has 15 heavy (non-hydrogen) atoms. The van der Waals surface area contributed by atoms with Crippen molar-refractivity contribution in [2.45, 2.75) is 32.9 Å². The Morgan fingerprint density at radius 3 is 2.60 bits per heavy atom. The highest BCUT2D eigenvalue weighted by Crippen LogP contribution is 2.14. The zero-order valence-electron chi connectivity index (χ0n) is 9.57. The highest BCUT2D eigenvalue weighted by molar-refractivity contribution is 5.40. The van der Waals surface area contributed by atoms with Crippen molar-refractivity contribution >= 4 is 5.82 Å². The maximum atomic E-state index is 4.18. The van der Waals surface area contributed by atoms with Crippen molar-refractivity contribution in [1.82, 2.24) is 15.5 Å². The third-order valence-electron chi connectivity index (χ3n) is 2.66. The first-order chi connectivity index (χ1) is 7.15. The summed E-state index contributed by atoms with van der Waals surface area (Å²) in [6.07, 6.45) is 1.79. The van der Waals surface area contributed by atoms with E-state index in [-0.39, 0.29) is 0 Å². The lowest BCUT2D eigenvalue weighted by Crippen LogP contribution is -2.54. The highest BCUT2D eigenvalue weighted by atomic mass is 15.3. The van der Waals surface area contributed by atoms with Crippen LogP contribution in [-0.4, -0.2) is 35.4 Å². The predicted octanol–water partition coefficient (Wildman–Crippen LogP) is 0.972. The molecule has 2 rings (SSSR count). The van der Waals surface area contributed by atoms with Gasteiger partial charge in [0.15, 0.2) is 5.82 Å². The second-order valence-electron chi connectivity index (χ2n) is 4.46. The fourth-order valence-electron chi connectivity index (χ4n) is 2.12. The monoisotopic (exact) mass is 206 g/mol. The zero-order chi connectivity index (χ0) is 10.8. The Bertz CT molecular complexity index is 329. The number of rotatable bonds is 1. The van der Waals surface area contributed by atoms with Crippen LogP contribution in [-0.2, 0) is 0 Å². The molecular weight excluding hydrogens is 188 g/mol. The average Bonchev–Trinajstić information content (AvgIpc) is 2.16. The Hall–Kier alpha value is -1.16. The number of aryl methyl sites for hydroxylation is 1. The molecule has 1 aliphatic heterocycles. The molecule has 0 bridgehead atoms. The molecule has 1 aliphatic rings. The van der Waals surface area contributed by atoms with Crippen LogP contribution in [0.4, 0.5) is 5.82 Å². The van der Waals surface area contributed by atoms with Gasteiger partial charge in [-0.25, -0.2) is 0 Å². The lowest BCUT2D eigenvalue weighted by Gasteiger charge is -2.36. The van der Waals surface area contributed by atoms with Crippen molar-refractivity contribution in [3.05, 3.63) is 17.8 Å². The third-order valence-corrected chi connectivity index (χ3v) is 2.66. The van der Waals surface area contributed by atoms with Crippen molar-refractivity contribution in [2.75, 3.05) is 18.0 Å². The Morgan fingerprint density at radius 2 is 2.00 bits per heavy atom. The van der Waals surface area contributed by atoms with Crippen LogP contribution in [0.1, 0.15) is 19.4 Å². The molecule has 2 atom stereocenters. The largest absolute Gasteiger partial charge is 0.352 e. The van der Waals surface area contributed by atoms with E-state index in [1.54, 1.807) is 6.20 Å². The van der Waals surface area contributed by atoms with Gasteiger partial charge in [0.2, 0.25) is 0 Å². The third kappa shape index (κ3) is 2.45. The highest BCUT2D eigenvalue weighted by Gasteiger charge is 2.21. The van der Waals surface area contributed by atoms with E-state index >= 15 is 0 Å². The summed E-state index contributed by atoms with van der Waals surface area (Å²) < 4.78 is 0. The molecule has 1 N–H and O–H groups in total. The molecule has 82 valence electrons. The quantitative estimate of drug-likeness (QED) is 0.743. The molecule has 2 unspecified atom stereocenters. The molecule has 1 aromatic heterocycles. The number of aromatic nitrogens is 2. The van der Waals surface area contributed by atoms with E-state index in [4.69, 9.17) is 0 Å². The lowest BCUT2D eigenvalue weighted by atomic mass is 10.1. The van der Waals surface area contributed by atoms with Crippen LogP contribution in [0.5, 0.6) is 0 Å². The van der Waals surface area contributed by atoms with Crippen molar-refractivity contribution in [2.24, 2.45) is 0 Å². The van der Waals surface area contributed by atoms with E-state index in [2.05, 4.69) is 40.3 Å². The van der Waals surface area contributed by atoms with Gasteiger partial charge in [0.1, 0.15) is 0 Å². The molecular formula is C11H18N4. The summed E-state index contributed by atoms with van der Waals surface area (Å²) in [7, 11) is 0. The van der Waals surface area contributed by atoms with Gasteiger partial charge in [0.05, 0.1) is 6.20 Å². The van der Waals surface area contributed by atoms with Crippen LogP contribution >= 0.6 is 0 Å². The second-order valence-corrected chi connectivity index (χ2v) is 4.46. The van der Waals surface area contributed by atoms with Gasteiger partial charge in [-0.2, -0.15) is 5.10 Å². The minimum Gasteiger partial charge on any atom is -0.352 e. The number of hydrogen-bond donors (Lipinski definition) is 1. The van der Waals surface area contributed by atoms with Crippen molar-refractivity contribution in [1.29, 1.82) is 0 Å². The zero-order valence-corrected chi connectivity index (χ0v) is 9.57. The Labute approximate surface area is 90.7 Å². The van der Waals surface area contributed by atoms with Gasteiger partial charge in [-0.05, 0) is 32.4 Å². The first-order valence-corrected chi connectivity index (χ1v) is 5.45. The number of nitrogens with one attached hydrogen (secondary N) is 1. The molecule has 4 heteroatoms. The van der Waals surface area contributed by atoms with E-state index in [1.165, 1.54) is 5.56 Å². The topological polar surface area (TPSA) is 41.1 Å². The summed E-state index contributed by atoms with van der Waals surface area (Å²) in [5.41, 5.74) is 1.17. The molecule has 1 aromatic rings. The summed E-state index contributed by atoms with van der Waals surface area (Å²) in [5, 5.41) is 11.7. The van der Waals surface area contributed by atoms with E-state index in [9.17, 15) is 0 Å². The fourth-order valence-corrected chi connectivity index (χ4v) is 2.12. The van der Waals surface area contributed by atoms with E-state index in [0.717, 1.165) is 18.9 Å². The summed E-state index contributed by atoms with van der Waals surface area (Å²) in [6.45, 7) is 8.45. The predicted molar refractivity (Wildman–Crippen MR) is 61.0 cm³/mol. The molecule has 0 radical (unpaired) electrons. The number of piperazine rings is 1. The Kier molecular flexibility index (Phi) is 2.86. The maximum absolute atomic E-state index is 4.18. The number of hydrogen-bond acceptors (Lipinski definition) is 4. The summed E-state index contributed by atoms with van der Waals surface area (Å²) in [4.78, 5) is 2.30. The van der Waals surface area contributed by atoms with Gasteiger partial charge in [0.25, 0.3) is 0 Å². The molecule has 0 amide bonds. The van der Waals surface area contributed by atoms with Gasteiger partial charge in [0, 0.05) is 25.2 Å². The number of anilines is 1. The molecule has 1 fully saturated rings. The van der Waals surface area contributed by atoms with Crippen molar-refractivity contribution in [3.63, 3.8) is 0 Å². The van der Waals surface area contributed by atoms with Crippen LogP contribution < -0.4 is 10.2 Å². The van der Waals surface area contributed by atoms with E-state index < -0.39 is 0 Å². The van der Waals surface area contributed by atoms with E-state index in [0.29, 0.717) is 12.1 Å². The standard InChI is InChI=1S/C11H18N4/c1-8-4-11(14-12-5-8)15-6-9(2)13-10(3)7-15/h4-5,9-10,13H,6-7H2,1-3H3. The van der Waals surface area contributed by atoms with Crippen molar-refractivity contribution < 1.29 is 0 Å². The van der Waals surface area contributed by atoms with Crippen LogP contribution in [0, 0.1) is 6.92 Å². The first kappa shape index (κ1) is 10.4. The van der Waals surface area contributed by atoms with E-state index in [1.807, 2.05) is 6.92 Å². The van der Waals surface area contributed by atoms with Crippen LogP contribution in [0.2, 0.25) is 0 Å². The normalized spacial score (nSPS) is 26.7. The molecule has 0 aromatic carbocycles. The summed E-state index contributed by atoms with van der Waals surface area (Å²) >= 11 is 0. The van der Waals surface area contributed by atoms with Gasteiger partial charge >= 0.3 is 0 Å². The molecule has 1 saturated heterocycles. The van der Waals surface area contributed by atoms with Gasteiger partial charge < -0.3 is 10.2 Å². The summed E-state index contributed by atoms with van der Waals surface area (Å²) in [5.74, 6) is 0.996. The van der Waals surface area contributed by atoms with Crippen LogP contribution in [0.15, 0.2) is 12.3 Å². The molecule has 2 heterocycles. The lowest BCUT2D eigenvalue weighted by molar-refractivity contribution is 0.404. The molecule has 0 spiro atoms. The van der Waals surface area contributed by atoms with Crippen molar-refractivity contribution in [3.8, 4) is 0 Å². The Morgan fingerprint density at radius 1 is 1.33 bits per heavy atom. The Balaban J connectivity index is 2.16. The molecule has 0 saturated carbocycles. The average molecular weight is 206 g/mol. The number of nitrogens with zero attached hydrogens (tertiary/aromatic N) is 3. The van der Waals surface area contributed by atoms with Crippen LogP contribution in [0.3, 0.4) is 0 Å². The second kappa shape index (κ2) is 4.14.